The van der Waals surface area contributed by atoms with Gasteiger partial charge < -0.3 is 0 Å². The Hall–Kier alpha value is 0.310. The molecule has 0 saturated carbocycles. The van der Waals surface area contributed by atoms with Crippen LogP contribution in [-0.2, 0) is 11.8 Å². The van der Waals surface area contributed by atoms with E-state index >= 15 is 0 Å². The van der Waals surface area contributed by atoms with E-state index in [-0.39, 0.29) is 0 Å². The van der Waals surface area contributed by atoms with Gasteiger partial charge in [-0.3, -0.25) is 9.34 Å². The van der Waals surface area contributed by atoms with Crippen molar-refractivity contribution in [1.82, 2.24) is 9.34 Å². The van der Waals surface area contributed by atoms with Gasteiger partial charge in [0.05, 0.1) is 6.34 Å². The molecule has 0 rings (SSSR count). The first kappa shape index (κ1) is 15.3. The lowest BCUT2D eigenvalue weighted by Gasteiger charge is -2.41. The average molecular weight is 248 g/mol. The lowest BCUT2D eigenvalue weighted by atomic mass is 10.7. The molecule has 0 aliphatic heterocycles. The highest BCUT2D eigenvalue weighted by atomic mass is 32.4. The third kappa shape index (κ3) is 3.67. The van der Waals surface area contributed by atoms with Crippen LogP contribution in [0.4, 0.5) is 0 Å². The Kier molecular flexibility index (Phi) is 7.72. The van der Waals surface area contributed by atoms with Crippen molar-refractivity contribution < 1.29 is 0 Å². The maximum atomic E-state index is 5.93. The fourth-order valence-corrected chi connectivity index (χ4v) is 6.53. The maximum Gasteiger partial charge on any atom is 0.0811 e. The molecule has 0 saturated heterocycles. The van der Waals surface area contributed by atoms with Crippen LogP contribution in [0.2, 0.25) is 0 Å². The summed E-state index contributed by atoms with van der Waals surface area (Å²) in [5.41, 5.74) is 0. The fraction of sp³-hybridized carbons (Fsp3) is 0.818. The van der Waals surface area contributed by atoms with Crippen LogP contribution in [0.5, 0.6) is 0 Å². The lowest BCUT2D eigenvalue weighted by Crippen LogP contribution is -2.32. The minimum Gasteiger partial charge on any atom is -0.264 e. The average Bonchev–Trinajstić information content (AvgIpc) is 2.21. The summed E-state index contributed by atoms with van der Waals surface area (Å²) in [4.78, 5) is 0. The van der Waals surface area contributed by atoms with Crippen LogP contribution in [0.15, 0.2) is 12.7 Å². The normalized spacial score (nSPS) is 12.4. The molecule has 0 unspecified atom stereocenters. The van der Waals surface area contributed by atoms with Gasteiger partial charge in [-0.2, -0.15) is 0 Å². The molecule has 15 heavy (non-hydrogen) atoms. The van der Waals surface area contributed by atoms with Crippen LogP contribution in [0.1, 0.15) is 27.7 Å². The van der Waals surface area contributed by atoms with Gasteiger partial charge in [-0.1, -0.05) is 45.6 Å². The topological polar surface area (TPSA) is 6.48 Å². The van der Waals surface area contributed by atoms with Gasteiger partial charge in [0, 0.05) is 32.3 Å². The predicted molar refractivity (Wildman–Crippen MR) is 75.2 cm³/mol. The van der Waals surface area contributed by atoms with Gasteiger partial charge in [0.2, 0.25) is 0 Å². The van der Waals surface area contributed by atoms with E-state index in [9.17, 15) is 0 Å². The Labute approximate surface area is 100 Å². The second kappa shape index (κ2) is 7.56. The Morgan fingerprint density at radius 1 is 1.00 bits per heavy atom. The van der Waals surface area contributed by atoms with Crippen molar-refractivity contribution in [2.75, 3.05) is 32.3 Å². The molecule has 0 spiro atoms. The molecule has 0 bridgehead atoms. The Morgan fingerprint density at radius 3 is 1.53 bits per heavy atom. The third-order valence-corrected chi connectivity index (χ3v) is 8.18. The van der Waals surface area contributed by atoms with E-state index in [0.29, 0.717) is 0 Å². The number of allylic oxidation sites excluding steroid dienone is 1. The summed E-state index contributed by atoms with van der Waals surface area (Å²) in [5, 5.41) is 0. The zero-order valence-corrected chi connectivity index (χ0v) is 12.3. The van der Waals surface area contributed by atoms with Gasteiger partial charge in [-0.25, -0.2) is 0 Å². The van der Waals surface area contributed by atoms with Gasteiger partial charge in [0.1, 0.15) is 0 Å². The Bertz CT molecular complexity index is 207. The van der Waals surface area contributed by atoms with Crippen molar-refractivity contribution in [3.05, 3.63) is 12.7 Å². The highest BCUT2D eigenvalue weighted by molar-refractivity contribution is 8.12. The number of rotatable bonds is 8. The van der Waals surface area contributed by atoms with E-state index in [4.69, 9.17) is 11.8 Å². The van der Waals surface area contributed by atoms with E-state index in [0.717, 1.165) is 32.3 Å². The highest BCUT2D eigenvalue weighted by Crippen LogP contribution is 2.52. The summed E-state index contributed by atoms with van der Waals surface area (Å²) in [7, 11) is 0. The maximum absolute atomic E-state index is 5.93. The highest BCUT2D eigenvalue weighted by Gasteiger charge is 2.27. The monoisotopic (exact) mass is 248 g/mol. The zero-order valence-electron chi connectivity index (χ0n) is 10.6. The molecule has 0 heterocycles. The van der Waals surface area contributed by atoms with Crippen LogP contribution in [0.25, 0.3) is 0 Å². The zero-order chi connectivity index (χ0) is 11.9. The van der Waals surface area contributed by atoms with E-state index in [1.165, 1.54) is 0 Å². The molecule has 0 fully saturated rings. The third-order valence-electron chi connectivity index (χ3n) is 2.71. The fourth-order valence-electron chi connectivity index (χ4n) is 1.91. The quantitative estimate of drug-likeness (QED) is 0.481. The van der Waals surface area contributed by atoms with Crippen LogP contribution < -0.4 is 0 Å². The van der Waals surface area contributed by atoms with E-state index < -0.39 is 6.34 Å². The Balaban J connectivity index is 5.00. The van der Waals surface area contributed by atoms with Crippen molar-refractivity contribution >= 4 is 18.1 Å². The van der Waals surface area contributed by atoms with E-state index in [1.807, 2.05) is 6.08 Å². The standard InChI is InChI=1S/C11H25N2PS/c1-6-11-14(15,12(7-2)8-3)13(9-4)10-5/h6H,1,7-11H2,2-5H3. The molecule has 0 N–H and O–H groups in total. The summed E-state index contributed by atoms with van der Waals surface area (Å²) in [6.45, 7) is 16.8. The first-order valence-electron chi connectivity index (χ1n) is 5.81. The first-order chi connectivity index (χ1) is 7.10. The second-order valence-corrected chi connectivity index (χ2v) is 7.99. The van der Waals surface area contributed by atoms with E-state index in [1.54, 1.807) is 0 Å². The molecule has 0 aromatic rings. The van der Waals surface area contributed by atoms with Gasteiger partial charge in [0.25, 0.3) is 0 Å². The van der Waals surface area contributed by atoms with Crippen molar-refractivity contribution in [2.45, 2.75) is 27.7 Å². The first-order valence-corrected chi connectivity index (χ1v) is 8.70. The van der Waals surface area contributed by atoms with Crippen LogP contribution in [-0.4, -0.2) is 41.7 Å². The Morgan fingerprint density at radius 2 is 1.33 bits per heavy atom. The minimum atomic E-state index is -1.56. The summed E-state index contributed by atoms with van der Waals surface area (Å²) in [6.07, 6.45) is 1.38. The molecule has 0 aromatic heterocycles. The van der Waals surface area contributed by atoms with Crippen molar-refractivity contribution in [3.8, 4) is 0 Å². The molecular weight excluding hydrogens is 223 g/mol. The number of nitrogens with zero attached hydrogens (tertiary/aromatic N) is 2. The summed E-state index contributed by atoms with van der Waals surface area (Å²) < 4.78 is 4.88. The molecular formula is C11H25N2PS. The molecule has 0 radical (unpaired) electrons. The van der Waals surface area contributed by atoms with Crippen molar-refractivity contribution in [3.63, 3.8) is 0 Å². The van der Waals surface area contributed by atoms with Gasteiger partial charge in [-0.05, 0) is 0 Å². The molecule has 2 nitrogen and oxygen atoms in total. The van der Waals surface area contributed by atoms with E-state index in [2.05, 4.69) is 43.6 Å². The molecule has 90 valence electrons. The van der Waals surface area contributed by atoms with Crippen LogP contribution in [0.3, 0.4) is 0 Å². The second-order valence-electron chi connectivity index (χ2n) is 3.41. The minimum absolute atomic E-state index is 0.950. The van der Waals surface area contributed by atoms with Gasteiger partial charge >= 0.3 is 0 Å². The van der Waals surface area contributed by atoms with Crippen molar-refractivity contribution in [1.29, 1.82) is 0 Å². The molecule has 0 aliphatic carbocycles. The number of hydrogen-bond donors (Lipinski definition) is 0. The number of hydrogen-bond acceptors (Lipinski definition) is 1. The lowest BCUT2D eigenvalue weighted by molar-refractivity contribution is 0.422. The SMILES string of the molecule is C=CCP(=S)(N(CC)CC)N(CC)CC. The van der Waals surface area contributed by atoms with Gasteiger partial charge in [0.15, 0.2) is 0 Å². The van der Waals surface area contributed by atoms with Crippen molar-refractivity contribution in [2.24, 2.45) is 0 Å². The predicted octanol–water partition coefficient (Wildman–Crippen LogP) is 3.17. The molecule has 0 amide bonds. The van der Waals surface area contributed by atoms with Crippen LogP contribution >= 0.6 is 6.34 Å². The smallest absolute Gasteiger partial charge is 0.0811 e. The summed E-state index contributed by atoms with van der Waals surface area (Å²) in [6, 6.07) is 0. The van der Waals surface area contributed by atoms with Gasteiger partial charge in [-0.15, -0.1) is 6.58 Å². The molecule has 0 atom stereocenters. The molecule has 0 aromatic carbocycles. The molecule has 4 heteroatoms. The molecule has 0 aliphatic rings. The van der Waals surface area contributed by atoms with Crippen LogP contribution in [0, 0.1) is 0 Å². The summed E-state index contributed by atoms with van der Waals surface area (Å²) >= 11 is 5.93. The summed E-state index contributed by atoms with van der Waals surface area (Å²) in [5.74, 6) is 0. The largest absolute Gasteiger partial charge is 0.264 e.